The maximum atomic E-state index is 14.6. The molecule has 2 aliphatic rings. The zero-order chi connectivity index (χ0) is 51.1. The van der Waals surface area contributed by atoms with Crippen LogP contribution in [0.15, 0.2) is 72.6 Å². The van der Waals surface area contributed by atoms with Crippen LogP contribution in [0.2, 0.25) is 51.4 Å². The van der Waals surface area contributed by atoms with Crippen LogP contribution in [0.5, 0.6) is 11.5 Å². The van der Waals surface area contributed by atoms with Gasteiger partial charge >= 0.3 is 11.9 Å². The summed E-state index contributed by atoms with van der Waals surface area (Å²) in [5.74, 6) is -4.07. The van der Waals surface area contributed by atoms with E-state index in [0.717, 1.165) is 85.7 Å². The van der Waals surface area contributed by atoms with Crippen LogP contribution >= 0.6 is 0 Å². The first-order valence-electron chi connectivity index (χ1n) is 24.3. The lowest BCUT2D eigenvalue weighted by Gasteiger charge is -2.26. The van der Waals surface area contributed by atoms with Gasteiger partial charge < -0.3 is 34.5 Å². The number of amides is 3. The van der Waals surface area contributed by atoms with E-state index in [1.165, 1.54) is 6.07 Å². The van der Waals surface area contributed by atoms with E-state index in [9.17, 15) is 37.9 Å². The van der Waals surface area contributed by atoms with Gasteiger partial charge in [0.1, 0.15) is 41.3 Å². The molecule has 0 saturated heterocycles. The van der Waals surface area contributed by atoms with Crippen molar-refractivity contribution in [2.24, 2.45) is 11.7 Å². The van der Waals surface area contributed by atoms with Crippen LogP contribution in [0.3, 0.4) is 0 Å². The van der Waals surface area contributed by atoms with Crippen molar-refractivity contribution in [3.8, 4) is 11.5 Å². The largest absolute Gasteiger partial charge is 0.480 e. The number of carboxylic acids is 1. The molecule has 69 heavy (non-hydrogen) atoms. The number of benzene rings is 2. The number of halogens is 2. The number of hydrogen-bond donors (Lipinski definition) is 2. The Labute approximate surface area is 409 Å². The Morgan fingerprint density at radius 1 is 0.681 bits per heavy atom. The van der Waals surface area contributed by atoms with Crippen LogP contribution in [0, 0.1) is 5.92 Å². The molecule has 3 N–H and O–H groups in total. The topological polar surface area (TPSA) is 184 Å². The summed E-state index contributed by atoms with van der Waals surface area (Å²) in [6, 6.07) is 12.8. The summed E-state index contributed by atoms with van der Waals surface area (Å²) in [6.07, 6.45) is 10.0. The van der Waals surface area contributed by atoms with Crippen LogP contribution in [-0.4, -0.2) is 106 Å². The van der Waals surface area contributed by atoms with Crippen molar-refractivity contribution >= 4 is 45.8 Å². The monoisotopic (exact) mass is 1000 g/mol. The minimum absolute atomic E-state index is 0.00834. The standard InChI is InChI=1S/C33H53FN2O6Si.C18H24FNO5Si/c1-6-7-8-11-16-27(17-12-9-10-15-25(2)31(35)37)42-33(39)29-22-26(34)23-36(29)32(38)28-18-13-14-19-30(28)41-24-40-20-21-43(3,4)5;1-26(2,3)9-8-24-12-25-16-7-5-4-6-14(16)17(21)20-11-13(19)10-15(20)18(22)23/h13-14,18-19,23,25,27,29H,6-12,15-17,20-22,24H2,1-5H3,(H2,35,37);4-7,11,15H,8-10,12H2,1-3H3,(H,22,23)/t25-,27-,29+;15-/m10/s1. The van der Waals surface area contributed by atoms with E-state index >= 15 is 0 Å². The van der Waals surface area contributed by atoms with E-state index in [4.69, 9.17) is 29.4 Å². The molecule has 0 spiro atoms. The van der Waals surface area contributed by atoms with Crippen molar-refractivity contribution in [1.29, 1.82) is 0 Å². The van der Waals surface area contributed by atoms with E-state index in [0.29, 0.717) is 31.8 Å². The molecule has 0 radical (unpaired) electrons. The van der Waals surface area contributed by atoms with Crippen molar-refractivity contribution in [1.82, 2.24) is 9.80 Å². The van der Waals surface area contributed by atoms with Gasteiger partial charge in [-0.25, -0.2) is 18.4 Å². The second-order valence-corrected chi connectivity index (χ2v) is 31.4. The van der Waals surface area contributed by atoms with Gasteiger partial charge in [0, 0.05) is 60.5 Å². The third-order valence-electron chi connectivity index (χ3n) is 11.7. The van der Waals surface area contributed by atoms with E-state index in [2.05, 4.69) is 46.2 Å². The van der Waals surface area contributed by atoms with E-state index in [1.807, 2.05) is 6.92 Å². The number of rotatable bonds is 29. The predicted octanol–water partition coefficient (Wildman–Crippen LogP) is 10.8. The summed E-state index contributed by atoms with van der Waals surface area (Å²) in [5, 5.41) is 9.19. The zero-order valence-corrected chi connectivity index (χ0v) is 44.1. The molecule has 384 valence electrons. The fourth-order valence-electron chi connectivity index (χ4n) is 7.30. The Hall–Kier alpha value is -4.92. The molecule has 14 nitrogen and oxygen atoms in total. The van der Waals surface area contributed by atoms with Crippen molar-refractivity contribution in [2.45, 2.75) is 160 Å². The Morgan fingerprint density at radius 3 is 1.57 bits per heavy atom. The van der Waals surface area contributed by atoms with Gasteiger partial charge in [0.25, 0.3) is 11.8 Å². The molecule has 0 aromatic heterocycles. The molecular formula is C51H77F2N3O11Si2. The first kappa shape index (κ1) is 58.4. The van der Waals surface area contributed by atoms with Crippen molar-refractivity contribution in [3.63, 3.8) is 0 Å². The lowest BCUT2D eigenvalue weighted by molar-refractivity contribution is -0.154. The summed E-state index contributed by atoms with van der Waals surface area (Å²) in [6.45, 7) is 18.6. The summed E-state index contributed by atoms with van der Waals surface area (Å²) < 4.78 is 56.4. The Bertz CT molecular complexity index is 2040. The number of carbonyl (C=O) groups is 5. The molecule has 0 aliphatic carbocycles. The molecule has 4 atom stereocenters. The normalized spacial score (nSPS) is 16.7. The van der Waals surface area contributed by atoms with Crippen LogP contribution in [-0.2, 0) is 28.6 Å². The minimum atomic E-state index is -1.25. The van der Waals surface area contributed by atoms with Gasteiger partial charge in [-0.2, -0.15) is 0 Å². The SMILES string of the molecule is CCCCCC[C@H](CCCCC[C@@H](C)C(N)=O)OC(=O)[C@@H]1CC(F)=CN1C(=O)c1ccccc1OCOCC[Si](C)(C)C.C[Si](C)(C)CCOCOc1ccccc1C(=O)N1C=C(F)C[C@H]1C(=O)O. The van der Waals surface area contributed by atoms with E-state index < -0.39 is 63.6 Å². The molecule has 0 fully saturated rings. The van der Waals surface area contributed by atoms with Crippen LogP contribution < -0.4 is 15.2 Å². The molecule has 2 aliphatic heterocycles. The van der Waals surface area contributed by atoms with Crippen molar-refractivity contribution < 1.29 is 61.5 Å². The number of nitrogens with two attached hydrogens (primary N) is 1. The predicted molar refractivity (Wildman–Crippen MR) is 267 cm³/mol. The smallest absolute Gasteiger partial charge is 0.329 e. The highest BCUT2D eigenvalue weighted by molar-refractivity contribution is 6.76. The Morgan fingerprint density at radius 2 is 1.12 bits per heavy atom. The summed E-state index contributed by atoms with van der Waals surface area (Å²) in [4.78, 5) is 64.2. The molecule has 2 aromatic rings. The number of unbranched alkanes of at least 4 members (excludes halogenated alkanes) is 5. The highest BCUT2D eigenvalue weighted by Gasteiger charge is 2.39. The summed E-state index contributed by atoms with van der Waals surface area (Å²) >= 11 is 0. The number of ether oxygens (including phenoxy) is 5. The lowest BCUT2D eigenvalue weighted by Crippen LogP contribution is -2.41. The van der Waals surface area contributed by atoms with Gasteiger partial charge in [-0.05, 0) is 68.5 Å². The zero-order valence-electron chi connectivity index (χ0n) is 42.1. The second-order valence-electron chi connectivity index (χ2n) is 20.2. The number of carbonyl (C=O) groups excluding carboxylic acids is 4. The number of aliphatic carboxylic acids is 1. The maximum absolute atomic E-state index is 14.6. The number of hydrogen-bond acceptors (Lipinski definition) is 10. The minimum Gasteiger partial charge on any atom is -0.480 e. The lowest BCUT2D eigenvalue weighted by atomic mass is 9.99. The van der Waals surface area contributed by atoms with Gasteiger partial charge in [-0.15, -0.1) is 0 Å². The molecule has 0 unspecified atom stereocenters. The third-order valence-corrected chi connectivity index (χ3v) is 15.1. The molecule has 4 rings (SSSR count). The van der Waals surface area contributed by atoms with Crippen LogP contribution in [0.1, 0.15) is 112 Å². The molecule has 3 amide bonds. The number of esters is 1. The first-order chi connectivity index (χ1) is 32.6. The number of nitrogens with zero attached hydrogens (tertiary/aromatic N) is 2. The fourth-order valence-corrected chi connectivity index (χ4v) is 8.82. The number of para-hydroxylation sites is 2. The second kappa shape index (κ2) is 29.3. The van der Waals surface area contributed by atoms with Crippen LogP contribution in [0.4, 0.5) is 8.78 Å². The quantitative estimate of drug-likeness (QED) is 0.0342. The molecule has 2 aromatic carbocycles. The van der Waals surface area contributed by atoms with Crippen molar-refractivity contribution in [3.05, 3.63) is 83.7 Å². The fraction of sp³-hybridized carbons (Fsp3) is 0.588. The van der Waals surface area contributed by atoms with Crippen molar-refractivity contribution in [2.75, 3.05) is 26.8 Å². The third kappa shape index (κ3) is 21.3. The van der Waals surface area contributed by atoms with E-state index in [1.54, 1.807) is 42.5 Å². The molecule has 18 heteroatoms. The first-order valence-corrected chi connectivity index (χ1v) is 31.7. The molecule has 0 saturated carbocycles. The van der Waals surface area contributed by atoms with Gasteiger partial charge in [0.05, 0.1) is 11.1 Å². The highest BCUT2D eigenvalue weighted by Crippen LogP contribution is 2.31. The summed E-state index contributed by atoms with van der Waals surface area (Å²) in [7, 11) is -2.44. The maximum Gasteiger partial charge on any atom is 0.329 e. The molecule has 0 bridgehead atoms. The van der Waals surface area contributed by atoms with Gasteiger partial charge in [0.15, 0.2) is 13.6 Å². The number of primary amides is 1. The highest BCUT2D eigenvalue weighted by atomic mass is 28.3. The van der Waals surface area contributed by atoms with Gasteiger partial charge in [-0.3, -0.25) is 24.2 Å². The van der Waals surface area contributed by atoms with Crippen LogP contribution in [0.25, 0.3) is 0 Å². The molecule has 2 heterocycles. The average molecular weight is 1000 g/mol. The number of carboxylic acid groups (broad SMARTS) is 1. The Balaban J connectivity index is 0.000000412. The van der Waals surface area contributed by atoms with E-state index in [-0.39, 0.29) is 61.2 Å². The van der Waals surface area contributed by atoms with Gasteiger partial charge in [0.2, 0.25) is 5.91 Å². The summed E-state index contributed by atoms with van der Waals surface area (Å²) in [5.41, 5.74) is 5.75. The van der Waals surface area contributed by atoms with Gasteiger partial charge in [-0.1, -0.05) is 109 Å². The Kier molecular flexibility index (Phi) is 24.8. The average Bonchev–Trinajstić information content (AvgIpc) is 3.89. The molecular weight excluding hydrogens is 925 g/mol.